The van der Waals surface area contributed by atoms with Crippen molar-refractivity contribution in [3.05, 3.63) is 23.3 Å². The molecule has 0 aromatic carbocycles. The highest BCUT2D eigenvalue weighted by Gasteiger charge is 2.78. The van der Waals surface area contributed by atoms with Gasteiger partial charge in [0, 0.05) is 16.9 Å². The van der Waals surface area contributed by atoms with Crippen LogP contribution in [0.15, 0.2) is 23.3 Å². The highest BCUT2D eigenvalue weighted by molar-refractivity contribution is 5.92. The molecule has 2 spiro atoms. The molecule has 0 amide bonds. The maximum atomic E-state index is 12.2. The molecule has 2 heterocycles. The first-order valence-corrected chi connectivity index (χ1v) is 6.89. The van der Waals surface area contributed by atoms with E-state index >= 15 is 0 Å². The van der Waals surface area contributed by atoms with Crippen LogP contribution in [0.3, 0.4) is 0 Å². The zero-order valence-corrected chi connectivity index (χ0v) is 11.4. The smallest absolute Gasteiger partial charge is 0.341 e. The predicted octanol–water partition coefficient (Wildman–Crippen LogP) is 1.15. The van der Waals surface area contributed by atoms with Crippen molar-refractivity contribution in [1.82, 2.24) is 0 Å². The molecule has 2 saturated heterocycles. The van der Waals surface area contributed by atoms with Gasteiger partial charge in [-0.3, -0.25) is 0 Å². The summed E-state index contributed by atoms with van der Waals surface area (Å²) in [5.74, 6) is -1.33. The summed E-state index contributed by atoms with van der Waals surface area (Å²) in [6, 6.07) is 0. The molecule has 4 aliphatic rings. The molecule has 5 atom stereocenters. The first-order valence-electron chi connectivity index (χ1n) is 6.89. The van der Waals surface area contributed by atoms with Gasteiger partial charge >= 0.3 is 11.9 Å². The van der Waals surface area contributed by atoms with Crippen LogP contribution >= 0.6 is 0 Å². The Balaban J connectivity index is 1.92. The number of rotatable bonds is 1. The van der Waals surface area contributed by atoms with E-state index in [1.54, 1.807) is 0 Å². The second kappa shape index (κ2) is 3.34. The number of carboxylic acids is 1. The van der Waals surface area contributed by atoms with E-state index in [0.29, 0.717) is 12.2 Å². The van der Waals surface area contributed by atoms with Gasteiger partial charge in [0.05, 0.1) is 13.2 Å². The van der Waals surface area contributed by atoms with Gasteiger partial charge < -0.3 is 14.6 Å². The minimum Gasteiger partial charge on any atom is -0.478 e. The van der Waals surface area contributed by atoms with Crippen LogP contribution in [0.2, 0.25) is 0 Å². The number of hydrogen-bond acceptors (Lipinski definition) is 4. The fourth-order valence-electron chi connectivity index (χ4n) is 4.49. The molecule has 0 aromatic rings. The topological polar surface area (TPSA) is 76.1 Å². The zero-order valence-electron chi connectivity index (χ0n) is 11.4. The Hall–Kier alpha value is -1.62. The van der Waals surface area contributed by atoms with Gasteiger partial charge in [0.25, 0.3) is 0 Å². The van der Waals surface area contributed by atoms with Crippen LogP contribution in [0.1, 0.15) is 13.8 Å². The molecule has 106 valence electrons. The van der Waals surface area contributed by atoms with Crippen molar-refractivity contribution in [3.63, 3.8) is 0 Å². The second-order valence-electron chi connectivity index (χ2n) is 6.33. The quantitative estimate of drug-likeness (QED) is 0.442. The molecule has 5 heteroatoms. The number of aliphatic carboxylic acids is 1. The van der Waals surface area contributed by atoms with Crippen molar-refractivity contribution >= 4 is 11.9 Å². The molecule has 20 heavy (non-hydrogen) atoms. The summed E-state index contributed by atoms with van der Waals surface area (Å²) in [5.41, 5.74) is 0.0538. The Morgan fingerprint density at radius 2 is 2.20 bits per heavy atom. The van der Waals surface area contributed by atoms with E-state index in [2.05, 4.69) is 13.0 Å². The van der Waals surface area contributed by atoms with Gasteiger partial charge in [0.2, 0.25) is 0 Å². The van der Waals surface area contributed by atoms with Crippen LogP contribution in [0.25, 0.3) is 0 Å². The molecule has 1 N–H and O–H groups in total. The molecule has 0 aromatic heterocycles. The Morgan fingerprint density at radius 1 is 1.50 bits per heavy atom. The van der Waals surface area contributed by atoms with E-state index in [1.807, 2.05) is 13.0 Å². The van der Waals surface area contributed by atoms with Crippen molar-refractivity contribution in [3.8, 4) is 0 Å². The number of cyclic esters (lactones) is 1. The lowest BCUT2D eigenvalue weighted by Crippen LogP contribution is -2.56. The minimum absolute atomic E-state index is 0.00829. The molecule has 5 nitrogen and oxygen atoms in total. The SMILES string of the molecule is CC1=C[C@@]23[C@@H](COC(=O)C24CO4)C(C(=O)O)=C[C@H]3[C@@H]1C. The highest BCUT2D eigenvalue weighted by Crippen LogP contribution is 2.68. The molecule has 0 saturated carbocycles. The number of esters is 1. The van der Waals surface area contributed by atoms with Crippen LogP contribution in [0, 0.1) is 23.2 Å². The molecule has 2 aliphatic heterocycles. The fraction of sp³-hybridized carbons (Fsp3) is 0.600. The average molecular weight is 276 g/mol. The molecule has 0 radical (unpaired) electrons. The maximum absolute atomic E-state index is 12.2. The molecule has 2 aliphatic carbocycles. The summed E-state index contributed by atoms with van der Waals surface area (Å²) >= 11 is 0. The highest BCUT2D eigenvalue weighted by atomic mass is 16.6. The lowest BCUT2D eigenvalue weighted by atomic mass is 9.61. The number of carbonyl (C=O) groups is 2. The van der Waals surface area contributed by atoms with Gasteiger partial charge in [-0.1, -0.05) is 24.6 Å². The summed E-state index contributed by atoms with van der Waals surface area (Å²) in [5, 5.41) is 9.44. The van der Waals surface area contributed by atoms with E-state index in [4.69, 9.17) is 9.47 Å². The fourth-order valence-corrected chi connectivity index (χ4v) is 4.49. The largest absolute Gasteiger partial charge is 0.478 e. The van der Waals surface area contributed by atoms with E-state index in [-0.39, 0.29) is 30.3 Å². The molecular weight excluding hydrogens is 260 g/mol. The third-order valence-corrected chi connectivity index (χ3v) is 5.68. The summed E-state index contributed by atoms with van der Waals surface area (Å²) in [6.07, 6.45) is 3.92. The van der Waals surface area contributed by atoms with Gasteiger partial charge in [0.15, 0.2) is 5.60 Å². The first-order chi connectivity index (χ1) is 9.44. The summed E-state index contributed by atoms with van der Waals surface area (Å²) in [4.78, 5) is 23.7. The minimum atomic E-state index is -0.958. The van der Waals surface area contributed by atoms with Crippen molar-refractivity contribution in [2.45, 2.75) is 19.4 Å². The number of epoxide rings is 1. The zero-order chi connectivity index (χ0) is 14.3. The number of carboxylic acid groups (broad SMARTS) is 1. The Kier molecular flexibility index (Phi) is 2.03. The van der Waals surface area contributed by atoms with Crippen molar-refractivity contribution in [2.75, 3.05) is 13.2 Å². The molecule has 4 rings (SSSR count). The van der Waals surface area contributed by atoms with Crippen LogP contribution < -0.4 is 0 Å². The maximum Gasteiger partial charge on any atom is 0.341 e. The number of ether oxygens (including phenoxy) is 2. The van der Waals surface area contributed by atoms with E-state index in [0.717, 1.165) is 0 Å². The Labute approximate surface area is 116 Å². The molecule has 1 unspecified atom stereocenters. The third kappa shape index (κ3) is 1.06. The Morgan fingerprint density at radius 3 is 2.80 bits per heavy atom. The summed E-state index contributed by atoms with van der Waals surface area (Å²) in [7, 11) is 0. The normalized spacial score (nSPS) is 48.3. The van der Waals surface area contributed by atoms with Crippen LogP contribution in [-0.2, 0) is 19.1 Å². The first kappa shape index (κ1) is 12.1. The van der Waals surface area contributed by atoms with Gasteiger partial charge in [0.1, 0.15) is 0 Å². The lowest BCUT2D eigenvalue weighted by molar-refractivity contribution is -0.170. The van der Waals surface area contributed by atoms with Crippen molar-refractivity contribution in [1.29, 1.82) is 0 Å². The summed E-state index contributed by atoms with van der Waals surface area (Å²) < 4.78 is 10.8. The van der Waals surface area contributed by atoms with Crippen molar-refractivity contribution in [2.24, 2.45) is 23.2 Å². The van der Waals surface area contributed by atoms with E-state index in [1.165, 1.54) is 5.57 Å². The molecule has 2 fully saturated rings. The number of allylic oxidation sites excluding steroid dienone is 2. The average Bonchev–Trinajstić information content (AvgIpc) is 3.07. The standard InChI is InChI=1S/C15H16O5/c1-7-4-14-10(8(7)2)3-9(12(16)17)11(14)5-19-13(18)15(14)6-20-15/h3-4,8,10-11H,5-6H2,1-2H3,(H,16,17)/t8-,10+,11+,14-,15?/m1/s1. The lowest BCUT2D eigenvalue weighted by Gasteiger charge is -2.43. The molecular formula is C15H16O5. The number of hydrogen-bond donors (Lipinski definition) is 1. The van der Waals surface area contributed by atoms with Crippen LogP contribution in [0.4, 0.5) is 0 Å². The van der Waals surface area contributed by atoms with Crippen LogP contribution in [0.5, 0.6) is 0 Å². The third-order valence-electron chi connectivity index (χ3n) is 5.68. The monoisotopic (exact) mass is 276 g/mol. The van der Waals surface area contributed by atoms with Gasteiger partial charge in [-0.25, -0.2) is 9.59 Å². The number of carbonyl (C=O) groups excluding carboxylic acids is 1. The van der Waals surface area contributed by atoms with Crippen molar-refractivity contribution < 1.29 is 24.2 Å². The van der Waals surface area contributed by atoms with E-state index < -0.39 is 17.0 Å². The van der Waals surface area contributed by atoms with Gasteiger partial charge in [-0.15, -0.1) is 0 Å². The predicted molar refractivity (Wildman–Crippen MR) is 67.7 cm³/mol. The second-order valence-corrected chi connectivity index (χ2v) is 6.33. The van der Waals surface area contributed by atoms with Gasteiger partial charge in [-0.05, 0) is 18.8 Å². The summed E-state index contributed by atoms with van der Waals surface area (Å²) in [6.45, 7) is 4.59. The molecule has 0 bridgehead atoms. The van der Waals surface area contributed by atoms with Crippen LogP contribution in [-0.4, -0.2) is 35.9 Å². The van der Waals surface area contributed by atoms with E-state index in [9.17, 15) is 14.7 Å². The Bertz CT molecular complexity index is 597. The van der Waals surface area contributed by atoms with Gasteiger partial charge in [-0.2, -0.15) is 0 Å².